The number of aromatic hydroxyl groups is 1. The van der Waals surface area contributed by atoms with Gasteiger partial charge >= 0.3 is 17.8 Å². The van der Waals surface area contributed by atoms with E-state index in [0.29, 0.717) is 17.9 Å². The third kappa shape index (κ3) is 6.76. The van der Waals surface area contributed by atoms with Crippen LogP contribution < -0.4 is 5.73 Å². The Bertz CT molecular complexity index is 737. The summed E-state index contributed by atoms with van der Waals surface area (Å²) >= 11 is 0. The predicted molar refractivity (Wildman–Crippen MR) is 111 cm³/mol. The average molecular weight is 407 g/mol. The highest BCUT2D eigenvalue weighted by Gasteiger charge is 2.27. The number of benzene rings is 1. The van der Waals surface area contributed by atoms with Gasteiger partial charge in [-0.05, 0) is 40.4 Å². The molecule has 0 aliphatic carbocycles. The van der Waals surface area contributed by atoms with Gasteiger partial charge in [-0.3, -0.25) is 9.59 Å². The summed E-state index contributed by atoms with van der Waals surface area (Å²) in [6.07, 6.45) is 0.897. The standard InChI is InChI=1S/C22H34N2O5/c1-8-11-24(20(28)19(23)27)29-17(25)10-9-14-12-15(21(2,3)4)18(26)16(13-14)22(5,6)7/h12-13,26H,8-11H2,1-7H3,(H2,23,27). The van der Waals surface area contributed by atoms with Gasteiger partial charge in [0.1, 0.15) is 5.75 Å². The first-order valence-electron chi connectivity index (χ1n) is 9.87. The molecule has 1 aromatic carbocycles. The number of aryl methyl sites for hydroxylation is 1. The van der Waals surface area contributed by atoms with Crippen molar-refractivity contribution in [3.05, 3.63) is 28.8 Å². The normalized spacial score (nSPS) is 11.8. The Kier molecular flexibility index (Phi) is 7.83. The molecular formula is C22H34N2O5. The van der Waals surface area contributed by atoms with Crippen molar-refractivity contribution in [1.82, 2.24) is 5.06 Å². The topological polar surface area (TPSA) is 110 Å². The van der Waals surface area contributed by atoms with Crippen molar-refractivity contribution in [2.75, 3.05) is 6.54 Å². The van der Waals surface area contributed by atoms with E-state index in [-0.39, 0.29) is 29.5 Å². The number of rotatable bonds is 5. The van der Waals surface area contributed by atoms with E-state index in [9.17, 15) is 19.5 Å². The van der Waals surface area contributed by atoms with Crippen LogP contribution in [0.15, 0.2) is 12.1 Å². The summed E-state index contributed by atoms with van der Waals surface area (Å²) in [6, 6.07) is 3.80. The lowest BCUT2D eigenvalue weighted by atomic mass is 9.78. The Labute approximate surface area is 173 Å². The lowest BCUT2D eigenvalue weighted by Gasteiger charge is -2.28. The minimum Gasteiger partial charge on any atom is -0.507 e. The largest absolute Gasteiger partial charge is 0.507 e. The van der Waals surface area contributed by atoms with Crippen molar-refractivity contribution in [2.24, 2.45) is 5.73 Å². The first kappa shape index (κ1) is 24.5. The highest BCUT2D eigenvalue weighted by atomic mass is 16.7. The first-order valence-corrected chi connectivity index (χ1v) is 9.87. The van der Waals surface area contributed by atoms with Crippen molar-refractivity contribution in [2.45, 2.75) is 78.6 Å². The predicted octanol–water partition coefficient (Wildman–Crippen LogP) is 3.10. The van der Waals surface area contributed by atoms with Crippen LogP contribution in [0, 0.1) is 0 Å². The molecule has 0 fully saturated rings. The van der Waals surface area contributed by atoms with Crippen LogP contribution in [0.5, 0.6) is 5.75 Å². The number of hydroxylamine groups is 2. The average Bonchev–Trinajstić information content (AvgIpc) is 2.57. The molecule has 0 aromatic heterocycles. The number of carbonyl (C=O) groups excluding carboxylic acids is 3. The maximum absolute atomic E-state index is 12.2. The fraction of sp³-hybridized carbons (Fsp3) is 0.591. The fourth-order valence-electron chi connectivity index (χ4n) is 2.91. The van der Waals surface area contributed by atoms with Crippen molar-refractivity contribution in [3.63, 3.8) is 0 Å². The minimum absolute atomic E-state index is 0.0181. The summed E-state index contributed by atoms with van der Waals surface area (Å²) in [7, 11) is 0. The van der Waals surface area contributed by atoms with Crippen molar-refractivity contribution >= 4 is 17.8 Å². The second-order valence-corrected chi connectivity index (χ2v) is 9.27. The van der Waals surface area contributed by atoms with Gasteiger partial charge in [0.25, 0.3) is 0 Å². The molecule has 0 spiro atoms. The molecule has 0 saturated carbocycles. The van der Waals surface area contributed by atoms with E-state index < -0.39 is 17.8 Å². The van der Waals surface area contributed by atoms with Gasteiger partial charge in [0.15, 0.2) is 0 Å². The Hall–Kier alpha value is -2.57. The van der Waals surface area contributed by atoms with Gasteiger partial charge in [0.2, 0.25) is 0 Å². The van der Waals surface area contributed by atoms with Gasteiger partial charge in [-0.15, -0.1) is 0 Å². The van der Waals surface area contributed by atoms with Gasteiger partial charge in [0.05, 0.1) is 13.0 Å². The Morgan fingerprint density at radius 1 is 1.03 bits per heavy atom. The van der Waals surface area contributed by atoms with E-state index in [1.54, 1.807) is 6.92 Å². The van der Waals surface area contributed by atoms with Gasteiger partial charge in [-0.2, -0.15) is 5.06 Å². The summed E-state index contributed by atoms with van der Waals surface area (Å²) in [5.74, 6) is -2.57. The van der Waals surface area contributed by atoms with Crippen LogP contribution in [0.25, 0.3) is 0 Å². The van der Waals surface area contributed by atoms with E-state index in [1.165, 1.54) is 0 Å². The summed E-state index contributed by atoms with van der Waals surface area (Å²) in [6.45, 7) is 14.0. The molecule has 162 valence electrons. The molecule has 0 heterocycles. The molecule has 1 aromatic rings. The number of amides is 2. The quantitative estimate of drug-likeness (QED) is 0.577. The number of carbonyl (C=O) groups is 3. The SMILES string of the molecule is CCCN(OC(=O)CCc1cc(C(C)(C)C)c(O)c(C(C)(C)C)c1)C(=O)C(N)=O. The number of nitrogens with two attached hydrogens (primary N) is 1. The summed E-state index contributed by atoms with van der Waals surface area (Å²) in [5.41, 5.74) is 6.96. The molecule has 0 aliphatic heterocycles. The number of hydrogen-bond donors (Lipinski definition) is 2. The number of primary amides is 1. The number of nitrogens with zero attached hydrogens (tertiary/aromatic N) is 1. The number of phenols is 1. The van der Waals surface area contributed by atoms with Crippen molar-refractivity contribution in [3.8, 4) is 5.75 Å². The molecule has 0 radical (unpaired) electrons. The molecule has 1 rings (SSSR count). The molecule has 0 saturated heterocycles. The zero-order valence-corrected chi connectivity index (χ0v) is 18.6. The number of phenolic OH excluding ortho intramolecular Hbond substituents is 1. The maximum atomic E-state index is 12.2. The molecule has 29 heavy (non-hydrogen) atoms. The maximum Gasteiger partial charge on any atom is 0.344 e. The first-order chi connectivity index (χ1) is 13.2. The van der Waals surface area contributed by atoms with Crippen LogP contribution in [0.4, 0.5) is 0 Å². The minimum atomic E-state index is -1.17. The molecule has 0 unspecified atom stereocenters. The zero-order chi connectivity index (χ0) is 22.6. The van der Waals surface area contributed by atoms with Crippen molar-refractivity contribution < 1.29 is 24.3 Å². The van der Waals surface area contributed by atoms with Gasteiger partial charge < -0.3 is 15.7 Å². The van der Waals surface area contributed by atoms with Crippen LogP contribution in [0.2, 0.25) is 0 Å². The zero-order valence-electron chi connectivity index (χ0n) is 18.6. The van der Waals surface area contributed by atoms with Gasteiger partial charge in [0, 0.05) is 0 Å². The summed E-state index contributed by atoms with van der Waals surface area (Å²) in [5, 5.41) is 11.5. The summed E-state index contributed by atoms with van der Waals surface area (Å²) in [4.78, 5) is 40.1. The van der Waals surface area contributed by atoms with Crippen LogP contribution in [-0.4, -0.2) is 34.5 Å². The lowest BCUT2D eigenvalue weighted by molar-refractivity contribution is -0.198. The van der Waals surface area contributed by atoms with E-state index >= 15 is 0 Å². The van der Waals surface area contributed by atoms with E-state index in [4.69, 9.17) is 10.6 Å². The highest BCUT2D eigenvalue weighted by molar-refractivity contribution is 6.34. The third-order valence-corrected chi connectivity index (χ3v) is 4.48. The smallest absolute Gasteiger partial charge is 0.344 e. The van der Waals surface area contributed by atoms with E-state index in [1.807, 2.05) is 53.7 Å². The van der Waals surface area contributed by atoms with Gasteiger partial charge in [-0.25, -0.2) is 4.79 Å². The molecule has 7 nitrogen and oxygen atoms in total. The second kappa shape index (κ2) is 9.29. The molecule has 2 amide bonds. The second-order valence-electron chi connectivity index (χ2n) is 9.27. The Morgan fingerprint density at radius 3 is 1.90 bits per heavy atom. The Balaban J connectivity index is 3.05. The molecule has 7 heteroatoms. The van der Waals surface area contributed by atoms with Crippen LogP contribution in [-0.2, 0) is 36.5 Å². The van der Waals surface area contributed by atoms with Crippen LogP contribution in [0.1, 0.15) is 78.0 Å². The third-order valence-electron chi connectivity index (χ3n) is 4.48. The Morgan fingerprint density at radius 2 is 1.52 bits per heavy atom. The van der Waals surface area contributed by atoms with E-state index in [0.717, 1.165) is 16.7 Å². The number of hydrogen-bond acceptors (Lipinski definition) is 5. The fourth-order valence-corrected chi connectivity index (χ4v) is 2.91. The molecular weight excluding hydrogens is 372 g/mol. The van der Waals surface area contributed by atoms with E-state index in [2.05, 4.69) is 0 Å². The summed E-state index contributed by atoms with van der Waals surface area (Å²) < 4.78 is 0. The van der Waals surface area contributed by atoms with Gasteiger partial charge in [-0.1, -0.05) is 60.6 Å². The molecule has 0 aliphatic rings. The molecule has 0 atom stereocenters. The molecule has 0 bridgehead atoms. The highest BCUT2D eigenvalue weighted by Crippen LogP contribution is 2.39. The lowest BCUT2D eigenvalue weighted by Crippen LogP contribution is -2.42. The monoisotopic (exact) mass is 406 g/mol. The van der Waals surface area contributed by atoms with Crippen LogP contribution >= 0.6 is 0 Å². The van der Waals surface area contributed by atoms with Crippen molar-refractivity contribution in [1.29, 1.82) is 0 Å². The van der Waals surface area contributed by atoms with Crippen LogP contribution in [0.3, 0.4) is 0 Å². The molecule has 3 N–H and O–H groups in total.